The first kappa shape index (κ1) is 37.9. The highest BCUT2D eigenvalue weighted by atomic mass is 16.5. The van der Waals surface area contributed by atoms with Crippen molar-refractivity contribution in [3.05, 3.63) is 76.1 Å². The molecule has 1 unspecified atom stereocenters. The summed E-state index contributed by atoms with van der Waals surface area (Å²) < 4.78 is 6.66. The lowest BCUT2D eigenvalue weighted by Gasteiger charge is -2.26. The summed E-state index contributed by atoms with van der Waals surface area (Å²) in [4.78, 5) is 17.4. The van der Waals surface area contributed by atoms with Crippen LogP contribution in [0.2, 0.25) is 0 Å². The fourth-order valence-electron chi connectivity index (χ4n) is 6.11. The first-order chi connectivity index (χ1) is 23.4. The molecule has 1 aliphatic heterocycles. The van der Waals surface area contributed by atoms with E-state index in [1.165, 1.54) is 23.4 Å². The molecular formula is C41H53N5O2. The van der Waals surface area contributed by atoms with E-state index in [0.29, 0.717) is 31.9 Å². The minimum Gasteiger partial charge on any atom is -0.493 e. The molecule has 3 rings (SSSR count). The van der Waals surface area contributed by atoms with Crippen LogP contribution in [0.4, 0.5) is 5.69 Å². The Balaban J connectivity index is 1.91. The molecule has 48 heavy (non-hydrogen) atoms. The van der Waals surface area contributed by atoms with Crippen LogP contribution in [0.3, 0.4) is 0 Å². The Bertz CT molecular complexity index is 1530. The highest BCUT2D eigenvalue weighted by Crippen LogP contribution is 2.38. The van der Waals surface area contributed by atoms with Crippen LogP contribution in [0.5, 0.6) is 5.75 Å². The van der Waals surface area contributed by atoms with Gasteiger partial charge in [0.05, 0.1) is 23.5 Å². The summed E-state index contributed by atoms with van der Waals surface area (Å²) >= 11 is 0. The molecule has 0 fully saturated rings. The minimum absolute atomic E-state index is 0.0766. The molecule has 0 spiro atoms. The van der Waals surface area contributed by atoms with Crippen molar-refractivity contribution in [3.63, 3.8) is 0 Å². The number of nitrogens with zero attached hydrogens (tertiary/aromatic N) is 5. The Kier molecular flexibility index (Phi) is 15.8. The zero-order valence-corrected chi connectivity index (χ0v) is 29.8. The lowest BCUT2D eigenvalue weighted by Crippen LogP contribution is -2.27. The van der Waals surface area contributed by atoms with Crippen LogP contribution in [0.25, 0.3) is 5.57 Å². The van der Waals surface area contributed by atoms with Gasteiger partial charge in [0, 0.05) is 37.0 Å². The number of hydrogen-bond acceptors (Lipinski definition) is 6. The zero-order chi connectivity index (χ0) is 34.9. The van der Waals surface area contributed by atoms with Crippen molar-refractivity contribution in [1.82, 2.24) is 4.90 Å². The molecule has 1 atom stereocenters. The maximum atomic E-state index is 13.5. The number of hydrogen-bond donors (Lipinski definition) is 0. The second-order valence-corrected chi connectivity index (χ2v) is 12.7. The largest absolute Gasteiger partial charge is 0.493 e. The third kappa shape index (κ3) is 9.74. The number of nitriles is 3. The van der Waals surface area contributed by atoms with Gasteiger partial charge >= 0.3 is 0 Å². The maximum Gasteiger partial charge on any atom is 0.259 e. The normalized spacial score (nSPS) is 14.9. The molecule has 2 aliphatic rings. The molecule has 1 amide bonds. The van der Waals surface area contributed by atoms with Crippen molar-refractivity contribution in [3.8, 4) is 24.0 Å². The Labute approximate surface area is 289 Å². The monoisotopic (exact) mass is 647 g/mol. The summed E-state index contributed by atoms with van der Waals surface area (Å²) in [6, 6.07) is 12.5. The predicted molar refractivity (Wildman–Crippen MR) is 195 cm³/mol. The van der Waals surface area contributed by atoms with Crippen molar-refractivity contribution < 1.29 is 9.53 Å². The molecule has 254 valence electrons. The SMILES string of the molecule is CCCCC(CC)COc1cc(N(CCCC)CCCC)ccc1C1=CC=C(/C=C/C2=C(C#N)C(=C(C#N)C#N)N(CCCC)C2=O)C1. The van der Waals surface area contributed by atoms with E-state index in [-0.39, 0.29) is 28.3 Å². The van der Waals surface area contributed by atoms with Gasteiger partial charge in [-0.15, -0.1) is 0 Å². The Morgan fingerprint density at radius 3 is 2.23 bits per heavy atom. The molecule has 7 nitrogen and oxygen atoms in total. The first-order valence-electron chi connectivity index (χ1n) is 18.0. The van der Waals surface area contributed by atoms with E-state index >= 15 is 0 Å². The van der Waals surface area contributed by atoms with Crippen molar-refractivity contribution >= 4 is 17.2 Å². The van der Waals surface area contributed by atoms with Crippen LogP contribution < -0.4 is 9.64 Å². The second-order valence-electron chi connectivity index (χ2n) is 12.7. The summed E-state index contributed by atoms with van der Waals surface area (Å²) in [6.45, 7) is 14.0. The number of unbranched alkanes of at least 4 members (excludes halogenated alkanes) is 4. The number of rotatable bonds is 20. The van der Waals surface area contributed by atoms with Gasteiger partial charge < -0.3 is 14.5 Å². The molecular weight excluding hydrogens is 594 g/mol. The standard InChI is InChI=1S/C41H53N5O2/c1-6-11-15-31(10-5)30-48-39-26-35(45(22-12-7-2)23-13-8-3)19-21-36(39)33-18-16-32(25-33)17-20-37-38(29-44)40(34(27-42)28-43)46(41(37)47)24-14-9-4/h16-21,26,31H,6-15,22-25,30H2,1-5H3/b20-17+. The summed E-state index contributed by atoms with van der Waals surface area (Å²) in [5.74, 6) is 1.07. The Morgan fingerprint density at radius 2 is 1.62 bits per heavy atom. The molecule has 7 heteroatoms. The van der Waals surface area contributed by atoms with Crippen LogP contribution >= 0.6 is 0 Å². The van der Waals surface area contributed by atoms with E-state index in [9.17, 15) is 20.6 Å². The molecule has 1 aromatic rings. The lowest BCUT2D eigenvalue weighted by atomic mass is 9.99. The average Bonchev–Trinajstić information content (AvgIpc) is 3.68. The van der Waals surface area contributed by atoms with Crippen LogP contribution in [-0.2, 0) is 4.79 Å². The van der Waals surface area contributed by atoms with Crippen molar-refractivity contribution in [1.29, 1.82) is 15.8 Å². The molecule has 0 saturated heterocycles. The van der Waals surface area contributed by atoms with E-state index in [1.807, 2.05) is 31.2 Å². The van der Waals surface area contributed by atoms with Gasteiger partial charge in [0.1, 0.15) is 24.0 Å². The zero-order valence-electron chi connectivity index (χ0n) is 29.8. The number of ether oxygens (including phenoxy) is 1. The lowest BCUT2D eigenvalue weighted by molar-refractivity contribution is -0.124. The topological polar surface area (TPSA) is 104 Å². The number of anilines is 1. The van der Waals surface area contributed by atoms with Crippen LogP contribution in [0, 0.1) is 39.9 Å². The number of amides is 1. The molecule has 1 heterocycles. The Hall–Kier alpha value is -4.54. The fourth-order valence-corrected chi connectivity index (χ4v) is 6.11. The Morgan fingerprint density at radius 1 is 0.938 bits per heavy atom. The molecule has 1 aromatic carbocycles. The minimum atomic E-state index is -0.350. The third-order valence-corrected chi connectivity index (χ3v) is 9.17. The van der Waals surface area contributed by atoms with Gasteiger partial charge in [-0.3, -0.25) is 4.79 Å². The van der Waals surface area contributed by atoms with Crippen LogP contribution in [0.15, 0.2) is 70.5 Å². The summed E-state index contributed by atoms with van der Waals surface area (Å²) in [5.41, 5.74) is 4.61. The van der Waals surface area contributed by atoms with Gasteiger partial charge in [-0.2, -0.15) is 15.8 Å². The number of carbonyl (C=O) groups excluding carboxylic acids is 1. The first-order valence-corrected chi connectivity index (χ1v) is 18.0. The van der Waals surface area contributed by atoms with E-state index in [1.54, 1.807) is 6.08 Å². The number of carbonyl (C=O) groups is 1. The van der Waals surface area contributed by atoms with Gasteiger partial charge in [-0.25, -0.2) is 0 Å². The highest BCUT2D eigenvalue weighted by molar-refractivity contribution is 6.04. The van der Waals surface area contributed by atoms with Gasteiger partial charge in [0.15, 0.2) is 5.57 Å². The van der Waals surface area contributed by atoms with E-state index in [0.717, 1.165) is 80.5 Å². The summed E-state index contributed by atoms with van der Waals surface area (Å²) in [6.07, 6.45) is 19.1. The van der Waals surface area contributed by atoms with Crippen molar-refractivity contribution in [2.45, 2.75) is 105 Å². The highest BCUT2D eigenvalue weighted by Gasteiger charge is 2.36. The van der Waals surface area contributed by atoms with Gasteiger partial charge in [-0.1, -0.05) is 91.4 Å². The number of benzene rings is 1. The maximum absolute atomic E-state index is 13.5. The summed E-state index contributed by atoms with van der Waals surface area (Å²) in [5, 5.41) is 29.2. The van der Waals surface area contributed by atoms with Crippen LogP contribution in [-0.4, -0.2) is 37.0 Å². The van der Waals surface area contributed by atoms with E-state index < -0.39 is 0 Å². The van der Waals surface area contributed by atoms with Gasteiger partial charge in [0.2, 0.25) is 0 Å². The third-order valence-electron chi connectivity index (χ3n) is 9.17. The second kappa shape index (κ2) is 20.0. The quantitative estimate of drug-likeness (QED) is 0.131. The van der Waals surface area contributed by atoms with Crippen molar-refractivity contribution in [2.24, 2.45) is 5.92 Å². The summed E-state index contributed by atoms with van der Waals surface area (Å²) in [7, 11) is 0. The number of allylic oxidation sites excluding steroid dienone is 7. The van der Waals surface area contributed by atoms with E-state index in [2.05, 4.69) is 62.9 Å². The molecule has 1 aliphatic carbocycles. The average molecular weight is 648 g/mol. The van der Waals surface area contributed by atoms with E-state index in [4.69, 9.17) is 4.74 Å². The fraction of sp³-hybridized carbons (Fsp3) is 0.512. The van der Waals surface area contributed by atoms with Gasteiger partial charge in [0.25, 0.3) is 5.91 Å². The molecule has 0 saturated carbocycles. The van der Waals surface area contributed by atoms with Crippen LogP contribution in [0.1, 0.15) is 111 Å². The predicted octanol–water partition coefficient (Wildman–Crippen LogP) is 9.72. The smallest absolute Gasteiger partial charge is 0.259 e. The van der Waals surface area contributed by atoms with Gasteiger partial charge in [-0.05, 0) is 67.4 Å². The molecule has 0 N–H and O–H groups in total. The van der Waals surface area contributed by atoms with Crippen molar-refractivity contribution in [2.75, 3.05) is 31.1 Å². The molecule has 0 aromatic heterocycles. The molecule has 0 bridgehead atoms. The molecule has 0 radical (unpaired) electrons.